The Balaban J connectivity index is 0.000000188. The normalized spacial score (nSPS) is 9.86. The van der Waals surface area contributed by atoms with Crippen molar-refractivity contribution < 1.29 is 0 Å². The van der Waals surface area contributed by atoms with E-state index in [4.69, 9.17) is 5.84 Å². The molecule has 0 aliphatic rings. The van der Waals surface area contributed by atoms with Gasteiger partial charge in [0.1, 0.15) is 12.7 Å². The summed E-state index contributed by atoms with van der Waals surface area (Å²) in [5, 5.41) is 0. The van der Waals surface area contributed by atoms with Gasteiger partial charge in [-0.15, -0.1) is 0 Å². The largest absolute Gasteiger partial charge is 0.292 e. The third-order valence-corrected chi connectivity index (χ3v) is 2.69. The monoisotopic (exact) mass is 291 g/mol. The maximum absolute atomic E-state index is 4.95. The molecular weight excluding hydrogens is 274 g/mol. The van der Waals surface area contributed by atoms with Crippen molar-refractivity contribution in [3.8, 4) is 0 Å². The van der Waals surface area contributed by atoms with Crippen molar-refractivity contribution in [2.24, 2.45) is 5.84 Å². The van der Waals surface area contributed by atoms with Gasteiger partial charge in [-0.25, -0.2) is 20.8 Å². The Bertz CT molecular complexity index is 628. The number of aromatic nitrogens is 3. The summed E-state index contributed by atoms with van der Waals surface area (Å²) >= 11 is 0. The molecule has 5 nitrogen and oxygen atoms in total. The van der Waals surface area contributed by atoms with Gasteiger partial charge in [-0.3, -0.25) is 5.43 Å². The van der Waals surface area contributed by atoms with Crippen molar-refractivity contribution in [1.82, 2.24) is 15.0 Å². The Morgan fingerprint density at radius 1 is 0.727 bits per heavy atom. The molecule has 2 aromatic carbocycles. The maximum atomic E-state index is 4.95. The van der Waals surface area contributed by atoms with Crippen LogP contribution in [0.3, 0.4) is 0 Å². The van der Waals surface area contributed by atoms with Crippen LogP contribution in [-0.2, 0) is 0 Å². The van der Waals surface area contributed by atoms with E-state index in [1.165, 1.54) is 23.8 Å². The van der Waals surface area contributed by atoms with Crippen molar-refractivity contribution in [2.75, 3.05) is 5.43 Å². The fraction of sp³-hybridized carbons (Fsp3) is 0. The Labute approximate surface area is 129 Å². The van der Waals surface area contributed by atoms with Crippen LogP contribution in [0.1, 0.15) is 11.1 Å². The topological polar surface area (TPSA) is 76.7 Å². The summed E-state index contributed by atoms with van der Waals surface area (Å²) in [6.07, 6.45) is 6.97. The van der Waals surface area contributed by atoms with E-state index in [2.05, 4.69) is 56.8 Å². The molecule has 1 aromatic heterocycles. The fourth-order valence-electron chi connectivity index (χ4n) is 1.63. The van der Waals surface area contributed by atoms with E-state index < -0.39 is 0 Å². The minimum Gasteiger partial charge on any atom is -0.292 e. The summed E-state index contributed by atoms with van der Waals surface area (Å²) < 4.78 is 0. The number of hydrogen-bond donors (Lipinski definition) is 2. The van der Waals surface area contributed by atoms with Crippen molar-refractivity contribution in [2.45, 2.75) is 0 Å². The second-order valence-electron chi connectivity index (χ2n) is 4.26. The molecule has 0 saturated heterocycles. The number of nitrogens with zero attached hydrogens (tertiary/aromatic N) is 3. The number of hydrazine groups is 1. The first-order chi connectivity index (χ1) is 10.9. The number of nitrogens with one attached hydrogen (secondary N) is 1. The van der Waals surface area contributed by atoms with Gasteiger partial charge in [-0.05, 0) is 11.1 Å². The van der Waals surface area contributed by atoms with Crippen LogP contribution in [0.15, 0.2) is 73.3 Å². The van der Waals surface area contributed by atoms with Crippen molar-refractivity contribution in [3.63, 3.8) is 0 Å². The Morgan fingerprint density at radius 3 is 1.55 bits per heavy atom. The first kappa shape index (κ1) is 15.3. The Morgan fingerprint density at radius 2 is 1.18 bits per heavy atom. The summed E-state index contributed by atoms with van der Waals surface area (Å²) in [5.74, 6) is 5.32. The quantitative estimate of drug-likeness (QED) is 0.440. The van der Waals surface area contributed by atoms with Crippen LogP contribution in [0.4, 0.5) is 5.95 Å². The first-order valence-electron chi connectivity index (χ1n) is 6.75. The van der Waals surface area contributed by atoms with Gasteiger partial charge in [0.2, 0.25) is 5.95 Å². The molecule has 0 aliphatic carbocycles. The minimum absolute atomic E-state index is 0.375. The van der Waals surface area contributed by atoms with Crippen LogP contribution < -0.4 is 11.3 Å². The van der Waals surface area contributed by atoms with E-state index in [1.54, 1.807) is 0 Å². The SMILES string of the molecule is C(=Cc1ccccc1)c1ccccc1.NNc1ncncn1. The number of anilines is 1. The molecular formula is C17H17N5. The third-order valence-electron chi connectivity index (χ3n) is 2.69. The minimum atomic E-state index is 0.375. The van der Waals surface area contributed by atoms with Gasteiger partial charge in [-0.1, -0.05) is 72.8 Å². The zero-order valence-electron chi connectivity index (χ0n) is 12.0. The first-order valence-corrected chi connectivity index (χ1v) is 6.75. The second kappa shape index (κ2) is 8.99. The lowest BCUT2D eigenvalue weighted by molar-refractivity contribution is 1.03. The highest BCUT2D eigenvalue weighted by atomic mass is 15.3. The molecule has 0 bridgehead atoms. The average molecular weight is 291 g/mol. The molecule has 22 heavy (non-hydrogen) atoms. The third kappa shape index (κ3) is 5.52. The molecule has 5 heteroatoms. The van der Waals surface area contributed by atoms with E-state index >= 15 is 0 Å². The number of benzene rings is 2. The lowest BCUT2D eigenvalue weighted by Crippen LogP contribution is -2.09. The van der Waals surface area contributed by atoms with E-state index in [1.807, 2.05) is 36.4 Å². The molecule has 3 rings (SSSR count). The van der Waals surface area contributed by atoms with Crippen LogP contribution in [0, 0.1) is 0 Å². The number of nitrogen functional groups attached to an aromatic ring is 1. The Kier molecular flexibility index (Phi) is 6.27. The lowest BCUT2D eigenvalue weighted by atomic mass is 10.1. The van der Waals surface area contributed by atoms with Crippen molar-refractivity contribution >= 4 is 18.1 Å². The summed E-state index contributed by atoms with van der Waals surface area (Å²) in [5.41, 5.74) is 4.73. The standard InChI is InChI=1S/C14H12.C3H5N5/c1-3-7-13(8-4-1)11-12-14-9-5-2-6-10-14;4-8-3-6-1-5-2-7-3/h1-12H;1-2H,4H2,(H,5,6,7,8). The highest BCUT2D eigenvalue weighted by Crippen LogP contribution is 2.06. The molecule has 0 atom stereocenters. The van der Waals surface area contributed by atoms with E-state index in [0.29, 0.717) is 5.95 Å². The molecule has 0 amide bonds. The second-order valence-corrected chi connectivity index (χ2v) is 4.26. The van der Waals surface area contributed by atoms with E-state index in [0.717, 1.165) is 0 Å². The molecule has 3 aromatic rings. The van der Waals surface area contributed by atoms with Gasteiger partial charge >= 0.3 is 0 Å². The molecule has 0 aliphatic heterocycles. The summed E-state index contributed by atoms with van der Waals surface area (Å²) in [6.45, 7) is 0. The van der Waals surface area contributed by atoms with Gasteiger partial charge < -0.3 is 0 Å². The number of nitrogens with two attached hydrogens (primary N) is 1. The van der Waals surface area contributed by atoms with Crippen LogP contribution in [0.25, 0.3) is 12.2 Å². The molecule has 0 radical (unpaired) electrons. The fourth-order valence-corrected chi connectivity index (χ4v) is 1.63. The molecule has 0 fully saturated rings. The lowest BCUT2D eigenvalue weighted by Gasteiger charge is -1.92. The summed E-state index contributed by atoms with van der Waals surface area (Å²) in [7, 11) is 0. The van der Waals surface area contributed by atoms with E-state index in [9.17, 15) is 0 Å². The maximum Gasteiger partial charge on any atom is 0.240 e. The molecule has 1 heterocycles. The zero-order chi connectivity index (χ0) is 15.5. The van der Waals surface area contributed by atoms with Crippen LogP contribution >= 0.6 is 0 Å². The summed E-state index contributed by atoms with van der Waals surface area (Å²) in [6, 6.07) is 20.6. The van der Waals surface area contributed by atoms with Crippen LogP contribution in [0.5, 0.6) is 0 Å². The van der Waals surface area contributed by atoms with Gasteiger partial charge in [-0.2, -0.15) is 0 Å². The Hall–Kier alpha value is -3.05. The predicted molar refractivity (Wildman–Crippen MR) is 89.4 cm³/mol. The van der Waals surface area contributed by atoms with E-state index in [-0.39, 0.29) is 0 Å². The van der Waals surface area contributed by atoms with Crippen LogP contribution in [-0.4, -0.2) is 15.0 Å². The average Bonchev–Trinajstić information content (AvgIpc) is 2.63. The molecule has 0 spiro atoms. The summed E-state index contributed by atoms with van der Waals surface area (Å²) in [4.78, 5) is 10.9. The highest BCUT2D eigenvalue weighted by Gasteiger charge is 1.84. The van der Waals surface area contributed by atoms with Gasteiger partial charge in [0.15, 0.2) is 0 Å². The van der Waals surface area contributed by atoms with Crippen molar-refractivity contribution in [1.29, 1.82) is 0 Å². The highest BCUT2D eigenvalue weighted by molar-refractivity contribution is 5.69. The zero-order valence-corrected chi connectivity index (χ0v) is 12.0. The molecule has 3 N–H and O–H groups in total. The molecule has 110 valence electrons. The number of hydrogen-bond acceptors (Lipinski definition) is 5. The van der Waals surface area contributed by atoms with Crippen LogP contribution in [0.2, 0.25) is 0 Å². The molecule has 0 unspecified atom stereocenters. The van der Waals surface area contributed by atoms with Gasteiger partial charge in [0.05, 0.1) is 0 Å². The van der Waals surface area contributed by atoms with Gasteiger partial charge in [0, 0.05) is 0 Å². The predicted octanol–water partition coefficient (Wildman–Crippen LogP) is 3.01. The number of rotatable bonds is 3. The van der Waals surface area contributed by atoms with Crippen molar-refractivity contribution in [3.05, 3.63) is 84.4 Å². The van der Waals surface area contributed by atoms with Gasteiger partial charge in [0.25, 0.3) is 0 Å². The molecule has 0 saturated carbocycles. The smallest absolute Gasteiger partial charge is 0.240 e.